The summed E-state index contributed by atoms with van der Waals surface area (Å²) in [6, 6.07) is 16.2. The largest absolute Gasteiger partial charge is 0.497 e. The molecule has 0 heterocycles. The van der Waals surface area contributed by atoms with Gasteiger partial charge in [0.15, 0.2) is 5.96 Å². The van der Waals surface area contributed by atoms with E-state index in [0.717, 1.165) is 17.9 Å². The summed E-state index contributed by atoms with van der Waals surface area (Å²) in [7, 11) is 1.67. The van der Waals surface area contributed by atoms with E-state index in [1.54, 1.807) is 7.11 Å². The first-order valence-corrected chi connectivity index (χ1v) is 7.88. The van der Waals surface area contributed by atoms with Crippen molar-refractivity contribution in [1.82, 2.24) is 0 Å². The van der Waals surface area contributed by atoms with Crippen LogP contribution in [-0.2, 0) is 6.42 Å². The molecular formula is C19H26IN3O. The van der Waals surface area contributed by atoms with Gasteiger partial charge in [0.25, 0.3) is 0 Å². The van der Waals surface area contributed by atoms with Gasteiger partial charge in [0.1, 0.15) is 5.75 Å². The summed E-state index contributed by atoms with van der Waals surface area (Å²) in [5, 5.41) is 3.15. The highest BCUT2D eigenvalue weighted by molar-refractivity contribution is 14.0. The molecule has 130 valence electrons. The first kappa shape index (κ1) is 20.3. The van der Waals surface area contributed by atoms with Gasteiger partial charge < -0.3 is 15.8 Å². The van der Waals surface area contributed by atoms with Gasteiger partial charge in [0.05, 0.1) is 7.11 Å². The number of anilines is 1. The average Bonchev–Trinajstić information content (AvgIpc) is 2.55. The Kier molecular flexibility index (Phi) is 8.60. The summed E-state index contributed by atoms with van der Waals surface area (Å²) in [6.07, 6.45) is 0.825. The molecule has 2 aromatic rings. The molecule has 0 saturated heterocycles. The number of hydrogen-bond acceptors (Lipinski definition) is 2. The van der Waals surface area contributed by atoms with Crippen LogP contribution in [0.25, 0.3) is 0 Å². The highest BCUT2D eigenvalue weighted by Crippen LogP contribution is 2.18. The fourth-order valence-corrected chi connectivity index (χ4v) is 2.30. The van der Waals surface area contributed by atoms with E-state index in [1.807, 2.05) is 30.3 Å². The van der Waals surface area contributed by atoms with Crippen LogP contribution in [0.4, 0.5) is 5.69 Å². The highest BCUT2D eigenvalue weighted by Gasteiger charge is 2.01. The lowest BCUT2D eigenvalue weighted by Crippen LogP contribution is -2.23. The smallest absolute Gasteiger partial charge is 0.193 e. The number of methoxy groups -OCH3 is 1. The maximum Gasteiger partial charge on any atom is 0.193 e. The number of ether oxygens (including phenoxy) is 1. The predicted molar refractivity (Wildman–Crippen MR) is 113 cm³/mol. The second kappa shape index (κ2) is 10.2. The second-order valence-corrected chi connectivity index (χ2v) is 5.77. The van der Waals surface area contributed by atoms with Gasteiger partial charge in [-0.1, -0.05) is 38.1 Å². The Morgan fingerprint density at radius 2 is 1.92 bits per heavy atom. The van der Waals surface area contributed by atoms with Crippen LogP contribution in [0.5, 0.6) is 5.75 Å². The lowest BCUT2D eigenvalue weighted by molar-refractivity contribution is 0.414. The lowest BCUT2D eigenvalue weighted by Gasteiger charge is -2.10. The molecule has 2 aromatic carbocycles. The third kappa shape index (κ3) is 6.39. The summed E-state index contributed by atoms with van der Waals surface area (Å²) >= 11 is 0. The molecule has 0 aromatic heterocycles. The Morgan fingerprint density at radius 1 is 1.17 bits per heavy atom. The number of hydrogen-bond donors (Lipinski definition) is 2. The van der Waals surface area contributed by atoms with Crippen LogP contribution in [-0.4, -0.2) is 19.6 Å². The van der Waals surface area contributed by atoms with E-state index in [9.17, 15) is 0 Å². The van der Waals surface area contributed by atoms with Gasteiger partial charge in [0.2, 0.25) is 0 Å². The molecule has 4 nitrogen and oxygen atoms in total. The molecule has 0 spiro atoms. The molecule has 2 rings (SSSR count). The first-order chi connectivity index (χ1) is 11.1. The van der Waals surface area contributed by atoms with E-state index in [-0.39, 0.29) is 24.0 Å². The second-order valence-electron chi connectivity index (χ2n) is 5.77. The zero-order valence-corrected chi connectivity index (χ0v) is 16.8. The van der Waals surface area contributed by atoms with Crippen LogP contribution in [0.15, 0.2) is 53.5 Å². The third-order valence-corrected chi connectivity index (χ3v) is 3.64. The van der Waals surface area contributed by atoms with Crippen LogP contribution >= 0.6 is 24.0 Å². The molecule has 0 amide bonds. The number of rotatable bonds is 6. The lowest BCUT2D eigenvalue weighted by atomic mass is 10.0. The molecular weight excluding hydrogens is 413 g/mol. The Balaban J connectivity index is 0.00000288. The summed E-state index contributed by atoms with van der Waals surface area (Å²) < 4.78 is 5.22. The molecule has 5 heteroatoms. The standard InChI is InChI=1S/C19H25N3O.HI/c1-14(2)16-7-5-8-17(13-16)22-19(20)21-11-10-15-6-4-9-18(12-15)23-3;/h4-9,12-14H,10-11H2,1-3H3,(H3,20,21,22);1H. The monoisotopic (exact) mass is 439 g/mol. The summed E-state index contributed by atoms with van der Waals surface area (Å²) in [5.41, 5.74) is 9.40. The molecule has 0 saturated carbocycles. The van der Waals surface area contributed by atoms with E-state index < -0.39 is 0 Å². The molecule has 0 aliphatic carbocycles. The predicted octanol–water partition coefficient (Wildman–Crippen LogP) is 4.41. The minimum atomic E-state index is 0. The SMILES string of the molecule is COc1cccc(CCN=C(N)Nc2cccc(C(C)C)c2)c1.I. The van der Waals surface area contributed by atoms with Crippen LogP contribution < -0.4 is 15.8 Å². The molecule has 0 aliphatic heterocycles. The van der Waals surface area contributed by atoms with Crippen molar-refractivity contribution in [1.29, 1.82) is 0 Å². The van der Waals surface area contributed by atoms with Crippen molar-refractivity contribution in [2.24, 2.45) is 10.7 Å². The molecule has 0 aliphatic rings. The molecule has 24 heavy (non-hydrogen) atoms. The zero-order chi connectivity index (χ0) is 16.7. The van der Waals surface area contributed by atoms with Crippen LogP contribution in [0.3, 0.4) is 0 Å². The topological polar surface area (TPSA) is 59.6 Å². The Hall–Kier alpha value is -1.76. The van der Waals surface area contributed by atoms with Gasteiger partial charge in [-0.2, -0.15) is 0 Å². The number of benzene rings is 2. The number of nitrogens with zero attached hydrogens (tertiary/aromatic N) is 1. The molecule has 0 unspecified atom stereocenters. The van der Waals surface area contributed by atoms with E-state index in [2.05, 4.69) is 42.4 Å². The summed E-state index contributed by atoms with van der Waals surface area (Å²) in [4.78, 5) is 4.39. The Bertz CT molecular complexity index is 671. The van der Waals surface area contributed by atoms with Crippen molar-refractivity contribution in [3.8, 4) is 5.75 Å². The zero-order valence-electron chi connectivity index (χ0n) is 14.5. The number of aliphatic imine (C=N–C) groups is 1. The molecule has 0 fully saturated rings. The number of halogens is 1. The van der Waals surface area contributed by atoms with Gasteiger partial charge in [-0.3, -0.25) is 4.99 Å². The number of nitrogens with two attached hydrogens (primary N) is 1. The van der Waals surface area contributed by atoms with Crippen molar-refractivity contribution >= 4 is 35.6 Å². The summed E-state index contributed by atoms with van der Waals surface area (Å²) in [5.74, 6) is 1.79. The quantitative estimate of drug-likeness (QED) is 0.399. The first-order valence-electron chi connectivity index (χ1n) is 7.88. The molecule has 3 N–H and O–H groups in total. The van der Waals surface area contributed by atoms with Gasteiger partial charge in [-0.15, -0.1) is 24.0 Å². The maximum absolute atomic E-state index is 5.97. The highest BCUT2D eigenvalue weighted by atomic mass is 127. The normalized spacial score (nSPS) is 11.1. The van der Waals surface area contributed by atoms with Crippen molar-refractivity contribution in [2.45, 2.75) is 26.2 Å². The Morgan fingerprint density at radius 3 is 2.62 bits per heavy atom. The number of guanidine groups is 1. The van der Waals surface area contributed by atoms with Gasteiger partial charge in [-0.25, -0.2) is 0 Å². The van der Waals surface area contributed by atoms with E-state index >= 15 is 0 Å². The minimum Gasteiger partial charge on any atom is -0.497 e. The van der Waals surface area contributed by atoms with E-state index in [1.165, 1.54) is 11.1 Å². The third-order valence-electron chi connectivity index (χ3n) is 3.64. The maximum atomic E-state index is 5.97. The van der Waals surface area contributed by atoms with Gasteiger partial charge >= 0.3 is 0 Å². The average molecular weight is 439 g/mol. The van der Waals surface area contributed by atoms with Crippen LogP contribution in [0, 0.1) is 0 Å². The van der Waals surface area contributed by atoms with Crippen molar-refractivity contribution in [3.05, 3.63) is 59.7 Å². The van der Waals surface area contributed by atoms with Crippen LogP contribution in [0.1, 0.15) is 30.9 Å². The minimum absolute atomic E-state index is 0. The Labute approximate surface area is 161 Å². The van der Waals surface area contributed by atoms with Crippen molar-refractivity contribution in [2.75, 3.05) is 19.0 Å². The van der Waals surface area contributed by atoms with Gasteiger partial charge in [0, 0.05) is 12.2 Å². The fraction of sp³-hybridized carbons (Fsp3) is 0.316. The van der Waals surface area contributed by atoms with E-state index in [4.69, 9.17) is 10.5 Å². The van der Waals surface area contributed by atoms with Crippen LogP contribution in [0.2, 0.25) is 0 Å². The fourth-order valence-electron chi connectivity index (χ4n) is 2.30. The molecule has 0 atom stereocenters. The molecule has 0 radical (unpaired) electrons. The molecule has 0 bridgehead atoms. The van der Waals surface area contributed by atoms with Gasteiger partial charge in [-0.05, 0) is 47.7 Å². The van der Waals surface area contributed by atoms with E-state index in [0.29, 0.717) is 18.4 Å². The van der Waals surface area contributed by atoms with Crippen molar-refractivity contribution < 1.29 is 4.74 Å². The number of nitrogens with one attached hydrogen (secondary N) is 1. The summed E-state index contributed by atoms with van der Waals surface area (Å²) in [6.45, 7) is 4.98. The van der Waals surface area contributed by atoms with Crippen molar-refractivity contribution in [3.63, 3.8) is 0 Å².